The molecule has 0 saturated carbocycles. The van der Waals surface area contributed by atoms with E-state index in [9.17, 15) is 28.3 Å². The van der Waals surface area contributed by atoms with E-state index >= 15 is 0 Å². The lowest BCUT2D eigenvalue weighted by Crippen LogP contribution is -2.52. The van der Waals surface area contributed by atoms with Crippen molar-refractivity contribution in [1.82, 2.24) is 10.3 Å². The molecular formula is C21H17F2N3O5. The first-order valence-electron chi connectivity index (χ1n) is 9.31. The highest BCUT2D eigenvalue weighted by atomic mass is 19.1. The standard InChI is InChI=1S/C21H17F2N3O5/c22-13-5-11(6-14(23)9-13)10-24-19(29)21(31)3-4-26(20(21)30)15-1-2-16-12(7-15)8-17(25-16)18(27)28/h1-2,5-9,25,31H,3-4,10H2,(H,24,29)(H,27,28)/t21-/m1/s1. The number of carbonyl (C=O) groups is 3. The van der Waals surface area contributed by atoms with Crippen molar-refractivity contribution in [3.8, 4) is 0 Å². The van der Waals surface area contributed by atoms with Gasteiger partial charge in [0.05, 0.1) is 0 Å². The largest absolute Gasteiger partial charge is 0.477 e. The minimum Gasteiger partial charge on any atom is -0.477 e. The molecule has 2 amide bonds. The molecule has 31 heavy (non-hydrogen) atoms. The van der Waals surface area contributed by atoms with Crippen molar-refractivity contribution in [2.45, 2.75) is 18.6 Å². The number of amides is 2. The van der Waals surface area contributed by atoms with Crippen LogP contribution in [-0.2, 0) is 16.1 Å². The molecule has 160 valence electrons. The number of rotatable bonds is 5. The number of hydrogen-bond acceptors (Lipinski definition) is 4. The molecule has 2 heterocycles. The van der Waals surface area contributed by atoms with Crippen LogP contribution in [0, 0.1) is 11.6 Å². The maximum Gasteiger partial charge on any atom is 0.352 e. The molecule has 0 spiro atoms. The summed E-state index contributed by atoms with van der Waals surface area (Å²) in [5, 5.41) is 22.7. The smallest absolute Gasteiger partial charge is 0.352 e. The van der Waals surface area contributed by atoms with E-state index < -0.39 is 35.0 Å². The fourth-order valence-electron chi connectivity index (χ4n) is 3.61. The molecule has 8 nitrogen and oxygen atoms in total. The number of aromatic carboxylic acids is 1. The SMILES string of the molecule is O=C(O)c1cc2cc(N3CC[C@@](O)(C(=O)NCc4cc(F)cc(F)c4)C3=O)ccc2[nH]1. The number of hydrogen-bond donors (Lipinski definition) is 4. The van der Waals surface area contributed by atoms with Crippen LogP contribution < -0.4 is 10.2 Å². The first kappa shape index (κ1) is 20.5. The fourth-order valence-corrected chi connectivity index (χ4v) is 3.61. The summed E-state index contributed by atoms with van der Waals surface area (Å²) in [5.74, 6) is -4.56. The number of aromatic amines is 1. The number of benzene rings is 2. The van der Waals surface area contributed by atoms with Crippen LogP contribution in [0.5, 0.6) is 0 Å². The van der Waals surface area contributed by atoms with Gasteiger partial charge in [0.25, 0.3) is 11.8 Å². The van der Waals surface area contributed by atoms with Crippen LogP contribution in [-0.4, -0.2) is 45.1 Å². The van der Waals surface area contributed by atoms with E-state index in [0.717, 1.165) is 12.1 Å². The highest BCUT2D eigenvalue weighted by Crippen LogP contribution is 2.31. The molecule has 0 unspecified atom stereocenters. The van der Waals surface area contributed by atoms with Gasteiger partial charge in [-0.3, -0.25) is 9.59 Å². The van der Waals surface area contributed by atoms with Crippen LogP contribution in [0.1, 0.15) is 22.5 Å². The summed E-state index contributed by atoms with van der Waals surface area (Å²) >= 11 is 0. The van der Waals surface area contributed by atoms with Crippen LogP contribution in [0.25, 0.3) is 10.9 Å². The molecule has 10 heteroatoms. The van der Waals surface area contributed by atoms with Gasteiger partial charge in [-0.2, -0.15) is 0 Å². The van der Waals surface area contributed by atoms with Gasteiger partial charge >= 0.3 is 5.97 Å². The van der Waals surface area contributed by atoms with E-state index in [1.807, 2.05) is 0 Å². The quantitative estimate of drug-likeness (QED) is 0.462. The van der Waals surface area contributed by atoms with Gasteiger partial charge in [0.1, 0.15) is 17.3 Å². The summed E-state index contributed by atoms with van der Waals surface area (Å²) in [6.07, 6.45) is -0.180. The van der Waals surface area contributed by atoms with Crippen LogP contribution >= 0.6 is 0 Å². The van der Waals surface area contributed by atoms with Crippen LogP contribution in [0.4, 0.5) is 14.5 Å². The second-order valence-corrected chi connectivity index (χ2v) is 7.29. The Morgan fingerprint density at radius 3 is 2.52 bits per heavy atom. The average molecular weight is 429 g/mol. The van der Waals surface area contributed by atoms with E-state index in [1.165, 1.54) is 11.0 Å². The van der Waals surface area contributed by atoms with E-state index in [1.54, 1.807) is 18.2 Å². The van der Waals surface area contributed by atoms with Crippen LogP contribution in [0.3, 0.4) is 0 Å². The number of fused-ring (bicyclic) bond motifs is 1. The molecule has 1 aromatic heterocycles. The molecule has 1 aliphatic rings. The second kappa shape index (κ2) is 7.47. The molecule has 1 fully saturated rings. The Morgan fingerprint density at radius 1 is 1.13 bits per heavy atom. The normalized spacial score (nSPS) is 18.5. The minimum absolute atomic E-state index is 0.00966. The number of carboxylic acids is 1. The van der Waals surface area contributed by atoms with Crippen molar-refractivity contribution < 1.29 is 33.4 Å². The van der Waals surface area contributed by atoms with Gasteiger partial charge in [-0.05, 0) is 42.0 Å². The molecule has 1 saturated heterocycles. The van der Waals surface area contributed by atoms with Crippen molar-refractivity contribution in [3.63, 3.8) is 0 Å². The summed E-state index contributed by atoms with van der Waals surface area (Å²) in [7, 11) is 0. The molecule has 1 atom stereocenters. The van der Waals surface area contributed by atoms with Crippen molar-refractivity contribution in [2.75, 3.05) is 11.4 Å². The van der Waals surface area contributed by atoms with Crippen molar-refractivity contribution in [1.29, 1.82) is 0 Å². The topological polar surface area (TPSA) is 123 Å². The predicted octanol–water partition coefficient (Wildman–Crippen LogP) is 1.93. The Labute approximate surface area is 174 Å². The fraction of sp³-hybridized carbons (Fsp3) is 0.190. The molecule has 2 aromatic carbocycles. The van der Waals surface area contributed by atoms with Gasteiger partial charge in [-0.1, -0.05) is 0 Å². The number of aliphatic hydroxyl groups is 1. The predicted molar refractivity (Wildman–Crippen MR) is 105 cm³/mol. The molecule has 4 rings (SSSR count). The third-order valence-corrected chi connectivity index (χ3v) is 5.19. The number of nitrogens with one attached hydrogen (secondary N) is 2. The number of carboxylic acid groups (broad SMARTS) is 1. The summed E-state index contributed by atoms with van der Waals surface area (Å²) in [6, 6.07) is 8.93. The number of carbonyl (C=O) groups excluding carboxylic acids is 2. The molecule has 1 aliphatic heterocycles. The Morgan fingerprint density at radius 2 is 1.84 bits per heavy atom. The lowest BCUT2D eigenvalue weighted by molar-refractivity contribution is -0.149. The number of anilines is 1. The number of H-pyrrole nitrogens is 1. The zero-order chi connectivity index (χ0) is 22.3. The van der Waals surface area contributed by atoms with Gasteiger partial charge in [0.15, 0.2) is 0 Å². The Hall–Kier alpha value is -3.79. The third-order valence-electron chi connectivity index (χ3n) is 5.19. The van der Waals surface area contributed by atoms with E-state index in [4.69, 9.17) is 5.11 Å². The monoisotopic (exact) mass is 429 g/mol. The van der Waals surface area contributed by atoms with Crippen molar-refractivity contribution >= 4 is 34.4 Å². The Balaban J connectivity index is 1.51. The Kier molecular flexibility index (Phi) is 4.94. The van der Waals surface area contributed by atoms with Gasteiger partial charge in [-0.15, -0.1) is 0 Å². The molecule has 4 N–H and O–H groups in total. The van der Waals surface area contributed by atoms with E-state index in [0.29, 0.717) is 22.7 Å². The highest BCUT2D eigenvalue weighted by molar-refractivity contribution is 6.16. The summed E-state index contributed by atoms with van der Waals surface area (Å²) < 4.78 is 26.6. The number of halogens is 2. The minimum atomic E-state index is -2.33. The second-order valence-electron chi connectivity index (χ2n) is 7.29. The Bertz CT molecular complexity index is 1200. The highest BCUT2D eigenvalue weighted by Gasteiger charge is 2.51. The van der Waals surface area contributed by atoms with Gasteiger partial charge in [0, 0.05) is 42.2 Å². The van der Waals surface area contributed by atoms with Crippen molar-refractivity contribution in [2.24, 2.45) is 0 Å². The summed E-state index contributed by atoms with van der Waals surface area (Å²) in [5.41, 5.74) is -1.24. The zero-order valence-electron chi connectivity index (χ0n) is 16.0. The van der Waals surface area contributed by atoms with Gasteiger partial charge in [0.2, 0.25) is 5.60 Å². The first-order valence-corrected chi connectivity index (χ1v) is 9.31. The van der Waals surface area contributed by atoms with Crippen molar-refractivity contribution in [3.05, 3.63) is 65.4 Å². The zero-order valence-corrected chi connectivity index (χ0v) is 16.0. The van der Waals surface area contributed by atoms with Crippen LogP contribution in [0.2, 0.25) is 0 Å². The first-order chi connectivity index (χ1) is 14.7. The lowest BCUT2D eigenvalue weighted by Gasteiger charge is -2.22. The molecule has 0 bridgehead atoms. The molecule has 0 aliphatic carbocycles. The number of aromatic nitrogens is 1. The average Bonchev–Trinajstić information content (AvgIpc) is 3.27. The summed E-state index contributed by atoms with van der Waals surface area (Å²) in [4.78, 5) is 40.4. The molecule has 0 radical (unpaired) electrons. The lowest BCUT2D eigenvalue weighted by atomic mass is 10.0. The van der Waals surface area contributed by atoms with E-state index in [2.05, 4.69) is 10.3 Å². The maximum atomic E-state index is 13.3. The van der Waals surface area contributed by atoms with Gasteiger partial charge < -0.3 is 25.4 Å². The van der Waals surface area contributed by atoms with Crippen LogP contribution in [0.15, 0.2) is 42.5 Å². The van der Waals surface area contributed by atoms with E-state index in [-0.39, 0.29) is 30.8 Å². The third kappa shape index (κ3) is 3.73. The summed E-state index contributed by atoms with van der Waals surface area (Å²) in [6.45, 7) is -0.213. The molecule has 3 aromatic rings. The molecular weight excluding hydrogens is 412 g/mol. The maximum absolute atomic E-state index is 13.3. The number of nitrogens with zero attached hydrogens (tertiary/aromatic N) is 1. The van der Waals surface area contributed by atoms with Gasteiger partial charge in [-0.25, -0.2) is 13.6 Å².